The molecule has 5 nitrogen and oxygen atoms in total. The SMILES string of the molecule is O=C(Oc1c(F)c(F)c(S(=O)(=O)O)c(F)c1F)c1c(C2CC3SC2C2CCCC32)cc(C2CC3SC2C2CCCC32)cc1C1CC2SC1C1CCCC21. The molecule has 284 valence electrons. The summed E-state index contributed by atoms with van der Waals surface area (Å²) in [6, 6.07) is 4.44. The lowest BCUT2D eigenvalue weighted by Crippen LogP contribution is -2.33. The molecule has 6 saturated heterocycles. The van der Waals surface area contributed by atoms with Crippen LogP contribution in [0, 0.1) is 58.8 Å². The number of esters is 1. The molecule has 2 aromatic rings. The van der Waals surface area contributed by atoms with Crippen LogP contribution in [-0.4, -0.2) is 50.4 Å². The largest absolute Gasteiger partial charge is 0.416 e. The van der Waals surface area contributed by atoms with Gasteiger partial charge in [-0.1, -0.05) is 31.4 Å². The predicted octanol–water partition coefficient (Wildman–Crippen LogP) is 9.87. The summed E-state index contributed by atoms with van der Waals surface area (Å²) in [4.78, 5) is 12.6. The summed E-state index contributed by atoms with van der Waals surface area (Å²) in [6.07, 6.45) is 13.9. The lowest BCUT2D eigenvalue weighted by Gasteiger charge is -2.36. The highest BCUT2D eigenvalue weighted by Crippen LogP contribution is 2.68. The highest BCUT2D eigenvalue weighted by Gasteiger charge is 2.59. The minimum atomic E-state index is -5.67. The molecule has 2 aromatic carbocycles. The maximum absolute atomic E-state index is 15.5. The quantitative estimate of drug-likeness (QED) is 0.102. The van der Waals surface area contributed by atoms with E-state index in [9.17, 15) is 17.8 Å². The summed E-state index contributed by atoms with van der Waals surface area (Å²) in [6.45, 7) is 0. The van der Waals surface area contributed by atoms with Crippen LogP contribution in [0.5, 0.6) is 5.75 Å². The zero-order valence-corrected chi connectivity index (χ0v) is 32.3. The molecule has 15 unspecified atom stereocenters. The smallest absolute Gasteiger partial charge is 0.344 e. The van der Waals surface area contributed by atoms with Crippen molar-refractivity contribution < 1.29 is 40.1 Å². The van der Waals surface area contributed by atoms with Crippen molar-refractivity contribution in [1.29, 1.82) is 0 Å². The van der Waals surface area contributed by atoms with E-state index in [0.717, 1.165) is 49.1 Å². The second-order valence-electron chi connectivity index (χ2n) is 17.6. The van der Waals surface area contributed by atoms with Crippen LogP contribution >= 0.6 is 35.3 Å². The number of carbonyl (C=O) groups excluding carboxylic acids is 1. The van der Waals surface area contributed by atoms with E-state index in [1.54, 1.807) is 0 Å². The predicted molar refractivity (Wildman–Crippen MR) is 198 cm³/mol. The molecule has 15 atom stereocenters. The van der Waals surface area contributed by atoms with Crippen molar-refractivity contribution in [2.45, 2.75) is 131 Å². The van der Waals surface area contributed by atoms with Crippen LogP contribution in [0.3, 0.4) is 0 Å². The van der Waals surface area contributed by atoms with Gasteiger partial charge in [-0.05, 0) is 128 Å². The third-order valence-corrected chi connectivity index (χ3v) is 22.0. The van der Waals surface area contributed by atoms with Crippen molar-refractivity contribution in [2.75, 3.05) is 0 Å². The summed E-state index contributed by atoms with van der Waals surface area (Å²) in [7, 11) is -5.67. The molecule has 13 heteroatoms. The maximum atomic E-state index is 15.5. The fourth-order valence-corrected chi connectivity index (χ4v) is 21.0. The van der Waals surface area contributed by atoms with Crippen LogP contribution < -0.4 is 4.74 Å². The monoisotopic (exact) mass is 806 g/mol. The number of hydrogen-bond acceptors (Lipinski definition) is 7. The number of fused-ring (bicyclic) bond motifs is 15. The van der Waals surface area contributed by atoms with E-state index in [2.05, 4.69) is 23.9 Å². The average Bonchev–Trinajstić information content (AvgIpc) is 3.98. The molecule has 53 heavy (non-hydrogen) atoms. The lowest BCUT2D eigenvalue weighted by molar-refractivity contribution is 0.0712. The van der Waals surface area contributed by atoms with E-state index >= 15 is 17.6 Å². The molecular weight excluding hydrogens is 765 g/mol. The van der Waals surface area contributed by atoms with Crippen LogP contribution in [0.2, 0.25) is 0 Å². The Morgan fingerprint density at radius 2 is 1.02 bits per heavy atom. The van der Waals surface area contributed by atoms with Gasteiger partial charge in [-0.15, -0.1) is 0 Å². The number of halogens is 4. The Morgan fingerprint density at radius 3 is 1.45 bits per heavy atom. The van der Waals surface area contributed by atoms with Crippen molar-refractivity contribution in [3.05, 3.63) is 57.7 Å². The van der Waals surface area contributed by atoms with Gasteiger partial charge in [0.05, 0.1) is 5.56 Å². The van der Waals surface area contributed by atoms with Gasteiger partial charge in [0.1, 0.15) is 0 Å². The summed E-state index contributed by atoms with van der Waals surface area (Å²) in [5, 5.41) is 2.75. The Bertz CT molecular complexity index is 1950. The van der Waals surface area contributed by atoms with Gasteiger partial charge in [0.15, 0.2) is 16.5 Å². The van der Waals surface area contributed by atoms with Gasteiger partial charge in [-0.25, -0.2) is 13.6 Å². The first-order valence-corrected chi connectivity index (χ1v) is 23.9. The molecule has 3 saturated carbocycles. The molecule has 1 N–H and O–H groups in total. The van der Waals surface area contributed by atoms with E-state index in [0.29, 0.717) is 67.0 Å². The van der Waals surface area contributed by atoms with Gasteiger partial charge < -0.3 is 4.74 Å². The Kier molecular flexibility index (Phi) is 8.07. The second kappa shape index (κ2) is 12.3. The van der Waals surface area contributed by atoms with E-state index in [4.69, 9.17) is 4.74 Å². The first-order chi connectivity index (χ1) is 25.5. The second-order valence-corrected chi connectivity index (χ2v) is 23.2. The molecule has 9 fully saturated rings. The topological polar surface area (TPSA) is 80.7 Å². The Labute approximate surface area is 320 Å². The molecule has 0 radical (unpaired) electrons. The van der Waals surface area contributed by atoms with Crippen molar-refractivity contribution in [2.24, 2.45) is 35.5 Å². The Balaban J connectivity index is 1.07. The molecule has 0 spiro atoms. The molecule has 6 aliphatic heterocycles. The fraction of sp³-hybridized carbons (Fsp3) is 0.675. The van der Waals surface area contributed by atoms with E-state index in [1.165, 1.54) is 50.5 Å². The average molecular weight is 807 g/mol. The normalized spacial score (nSPS) is 42.8. The van der Waals surface area contributed by atoms with Gasteiger partial charge in [0.25, 0.3) is 0 Å². The first kappa shape index (κ1) is 34.8. The number of hydrogen-bond donors (Lipinski definition) is 1. The minimum Gasteiger partial charge on any atom is -0.416 e. The molecule has 0 aromatic heterocycles. The molecule has 6 heterocycles. The van der Waals surface area contributed by atoms with E-state index in [-0.39, 0.29) is 17.4 Å². The van der Waals surface area contributed by atoms with Gasteiger partial charge >= 0.3 is 16.1 Å². The van der Waals surface area contributed by atoms with Crippen molar-refractivity contribution >= 4 is 51.4 Å². The van der Waals surface area contributed by atoms with Crippen molar-refractivity contribution in [3.8, 4) is 5.75 Å². The molecule has 0 amide bonds. The van der Waals surface area contributed by atoms with E-state index in [1.807, 2.05) is 23.5 Å². The lowest BCUT2D eigenvalue weighted by atomic mass is 9.67. The number of thioether (sulfide) groups is 3. The first-order valence-electron chi connectivity index (χ1n) is 19.7. The van der Waals surface area contributed by atoms with Gasteiger partial charge in [0.2, 0.25) is 17.4 Å². The number of rotatable bonds is 6. The fourth-order valence-electron chi connectivity index (χ4n) is 13.6. The van der Waals surface area contributed by atoms with Crippen LogP contribution in [0.25, 0.3) is 0 Å². The van der Waals surface area contributed by atoms with Crippen molar-refractivity contribution in [1.82, 2.24) is 0 Å². The summed E-state index contributed by atoms with van der Waals surface area (Å²) in [5.41, 5.74) is 3.25. The highest BCUT2D eigenvalue weighted by atomic mass is 32.2. The van der Waals surface area contributed by atoms with Crippen LogP contribution in [0.15, 0.2) is 17.0 Å². The van der Waals surface area contributed by atoms with E-state index < -0.39 is 50.0 Å². The molecular formula is C40H42F4O5S4. The third-order valence-electron chi connectivity index (χ3n) is 15.5. The Hall–Kier alpha value is -1.41. The molecule has 6 bridgehead atoms. The summed E-state index contributed by atoms with van der Waals surface area (Å²) >= 11 is 6.22. The van der Waals surface area contributed by atoms with Crippen LogP contribution in [0.4, 0.5) is 17.6 Å². The number of benzene rings is 2. The summed E-state index contributed by atoms with van der Waals surface area (Å²) in [5.74, 6) is -7.40. The molecule has 3 aliphatic carbocycles. The van der Waals surface area contributed by atoms with Crippen molar-refractivity contribution in [3.63, 3.8) is 0 Å². The molecule has 11 rings (SSSR count). The molecule has 9 aliphatic rings. The number of ether oxygens (including phenoxy) is 1. The highest BCUT2D eigenvalue weighted by molar-refractivity contribution is 8.01. The zero-order chi connectivity index (χ0) is 36.2. The van der Waals surface area contributed by atoms with Crippen LogP contribution in [-0.2, 0) is 10.1 Å². The van der Waals surface area contributed by atoms with Gasteiger partial charge in [-0.2, -0.15) is 52.5 Å². The van der Waals surface area contributed by atoms with Gasteiger partial charge in [0, 0.05) is 31.5 Å². The maximum Gasteiger partial charge on any atom is 0.344 e. The standard InChI is InChI=1S/C40H42F4O5S4/c41-31-33(43)39(53(46,47)48)34(44)32(42)35(31)49-40(45)30-23(25-13-28-17-5-2-8-20(17)37(25)51-28)10-15(22-12-27-16-4-1-7-19(16)36(22)50-27)11-24(30)26-14-29-18-6-3-9-21(18)38(26)52-29/h10-11,16-22,25-29,36-38H,1-9,12-14H2,(H,46,47,48). The van der Waals surface area contributed by atoms with Crippen LogP contribution in [0.1, 0.15) is 122 Å². The zero-order valence-electron chi connectivity index (χ0n) is 29.0. The Morgan fingerprint density at radius 1 is 0.623 bits per heavy atom. The number of carbonyl (C=O) groups is 1. The minimum absolute atomic E-state index is 0.0339. The van der Waals surface area contributed by atoms with Gasteiger partial charge in [-0.3, -0.25) is 4.55 Å². The third kappa shape index (κ3) is 5.00. The summed E-state index contributed by atoms with van der Waals surface area (Å²) < 4.78 is 99.1.